The maximum atomic E-state index is 13.2. The minimum Gasteiger partial charge on any atom is -0.487 e. The molecule has 0 radical (unpaired) electrons. The van der Waals surface area contributed by atoms with Crippen molar-refractivity contribution in [3.63, 3.8) is 0 Å². The summed E-state index contributed by atoms with van der Waals surface area (Å²) in [5.41, 5.74) is 2.39. The van der Waals surface area contributed by atoms with E-state index in [1.54, 1.807) is 12.3 Å². The fraction of sp³-hybridized carbons (Fsp3) is 0.160. The van der Waals surface area contributed by atoms with Crippen molar-refractivity contribution >= 4 is 110 Å². The Morgan fingerprint density at radius 3 is 2.34 bits per heavy atom. The molecule has 0 aliphatic heterocycles. The number of benzene rings is 3. The molecule has 0 bridgehead atoms. The molecule has 0 saturated carbocycles. The van der Waals surface area contributed by atoms with Gasteiger partial charge < -0.3 is 4.74 Å². The Balaban J connectivity index is 1.65. The summed E-state index contributed by atoms with van der Waals surface area (Å²) in [5, 5.41) is 5.07. The second kappa shape index (κ2) is 11.7. The van der Waals surface area contributed by atoms with Crippen molar-refractivity contribution in [2.75, 3.05) is 0 Å². The molecular formula is C25H18Br3I2N3O2. The normalized spacial score (nSPS) is 11.7. The lowest BCUT2D eigenvalue weighted by molar-refractivity contribution is 0.301. The molecule has 10 heteroatoms. The molecule has 5 nitrogen and oxygen atoms in total. The molecule has 0 aliphatic rings. The highest BCUT2D eigenvalue weighted by atomic mass is 127. The van der Waals surface area contributed by atoms with Crippen LogP contribution in [0.4, 0.5) is 0 Å². The average Bonchev–Trinajstić information content (AvgIpc) is 2.79. The van der Waals surface area contributed by atoms with Crippen LogP contribution in [-0.2, 0) is 6.61 Å². The van der Waals surface area contributed by atoms with Gasteiger partial charge in [-0.15, -0.1) is 0 Å². The Kier molecular flexibility index (Phi) is 9.10. The zero-order valence-electron chi connectivity index (χ0n) is 18.5. The van der Waals surface area contributed by atoms with Gasteiger partial charge in [-0.3, -0.25) is 4.79 Å². The molecule has 0 fully saturated rings. The third-order valence-electron chi connectivity index (χ3n) is 5.08. The Morgan fingerprint density at radius 2 is 1.69 bits per heavy atom. The van der Waals surface area contributed by atoms with Crippen LogP contribution < -0.4 is 10.3 Å². The summed E-state index contributed by atoms with van der Waals surface area (Å²) in [7, 11) is 0. The van der Waals surface area contributed by atoms with Crippen LogP contribution in [0.5, 0.6) is 5.75 Å². The molecule has 0 atom stereocenters. The second-order valence-electron chi connectivity index (χ2n) is 7.99. The molecule has 1 aromatic heterocycles. The van der Waals surface area contributed by atoms with E-state index in [1.165, 1.54) is 4.68 Å². The summed E-state index contributed by atoms with van der Waals surface area (Å²) in [6.07, 6.45) is 1.69. The first-order valence-electron chi connectivity index (χ1n) is 10.5. The zero-order chi connectivity index (χ0) is 25.3. The van der Waals surface area contributed by atoms with Crippen LogP contribution in [0.15, 0.2) is 71.8 Å². The molecule has 0 unspecified atom stereocenters. The van der Waals surface area contributed by atoms with Crippen LogP contribution in [0.2, 0.25) is 0 Å². The Labute approximate surface area is 255 Å². The molecule has 0 aliphatic carbocycles. The van der Waals surface area contributed by atoms with Crippen molar-refractivity contribution in [3.8, 4) is 5.75 Å². The van der Waals surface area contributed by atoms with Gasteiger partial charge >= 0.3 is 0 Å². The van der Waals surface area contributed by atoms with Gasteiger partial charge in [0.2, 0.25) is 0 Å². The number of nitrogens with zero attached hydrogens (tertiary/aromatic N) is 3. The first-order valence-corrected chi connectivity index (χ1v) is 15.0. The van der Waals surface area contributed by atoms with E-state index in [9.17, 15) is 4.79 Å². The van der Waals surface area contributed by atoms with Crippen molar-refractivity contribution in [2.45, 2.75) is 26.4 Å². The number of aromatic nitrogens is 2. The van der Waals surface area contributed by atoms with E-state index < -0.39 is 0 Å². The van der Waals surface area contributed by atoms with Crippen LogP contribution in [0.3, 0.4) is 0 Å². The number of rotatable bonds is 6. The van der Waals surface area contributed by atoms with Crippen LogP contribution >= 0.6 is 93.0 Å². The van der Waals surface area contributed by atoms with E-state index >= 15 is 0 Å². The monoisotopic (exact) mass is 883 g/mol. The van der Waals surface area contributed by atoms with Crippen molar-refractivity contribution < 1.29 is 4.74 Å². The third-order valence-corrected chi connectivity index (χ3v) is 8.41. The van der Waals surface area contributed by atoms with Crippen LogP contribution in [0.1, 0.15) is 36.7 Å². The molecule has 0 saturated heterocycles. The molecular weight excluding hydrogens is 868 g/mol. The highest BCUT2D eigenvalue weighted by Gasteiger charge is 2.14. The van der Waals surface area contributed by atoms with E-state index in [-0.39, 0.29) is 11.5 Å². The maximum Gasteiger partial charge on any atom is 0.282 e. The van der Waals surface area contributed by atoms with Gasteiger partial charge in [0.15, 0.2) is 0 Å². The molecule has 3 aromatic carbocycles. The van der Waals surface area contributed by atoms with E-state index in [0.717, 1.165) is 37.4 Å². The zero-order valence-corrected chi connectivity index (χ0v) is 27.6. The molecule has 4 aromatic rings. The SMILES string of the molecule is CC(C)c1nc2ccc(Br)cc2c(=O)n1N=Cc1cc(I)c(OCc2ccc(Br)cc2Br)c(I)c1. The lowest BCUT2D eigenvalue weighted by Crippen LogP contribution is -2.23. The summed E-state index contributed by atoms with van der Waals surface area (Å²) in [4.78, 5) is 17.9. The quantitative estimate of drug-likeness (QED) is 0.144. The standard InChI is InChI=1S/C25H18Br3I2N3O2/c1-13(2)24-32-22-6-5-16(26)9-18(22)25(34)33(24)31-11-14-7-20(29)23(21(30)8-14)35-12-15-3-4-17(27)10-19(15)28/h3-11,13H,12H2,1-2H3. The van der Waals surface area contributed by atoms with Gasteiger partial charge in [-0.1, -0.05) is 67.7 Å². The minimum absolute atomic E-state index is 0.0295. The van der Waals surface area contributed by atoms with Gasteiger partial charge in [-0.05, 0) is 93.2 Å². The predicted octanol–water partition coefficient (Wildman–Crippen LogP) is 8.48. The van der Waals surface area contributed by atoms with Gasteiger partial charge in [0.25, 0.3) is 5.56 Å². The van der Waals surface area contributed by atoms with Crippen LogP contribution in [-0.4, -0.2) is 15.9 Å². The van der Waals surface area contributed by atoms with Crippen LogP contribution in [0.25, 0.3) is 10.9 Å². The summed E-state index contributed by atoms with van der Waals surface area (Å²) in [5.74, 6) is 1.46. The summed E-state index contributed by atoms with van der Waals surface area (Å²) in [6, 6.07) is 15.5. The molecule has 0 N–H and O–H groups in total. The van der Waals surface area contributed by atoms with E-state index in [1.807, 2.05) is 56.3 Å². The Hall–Kier alpha value is -0.830. The minimum atomic E-state index is -0.194. The predicted molar refractivity (Wildman–Crippen MR) is 169 cm³/mol. The number of hydrogen-bond donors (Lipinski definition) is 0. The number of fused-ring (bicyclic) bond motifs is 1. The van der Waals surface area contributed by atoms with Crippen molar-refractivity contribution in [3.05, 3.63) is 96.4 Å². The average molecular weight is 886 g/mol. The summed E-state index contributed by atoms with van der Waals surface area (Å²) in [6.45, 7) is 4.44. The molecule has 0 spiro atoms. The number of halogens is 5. The van der Waals surface area contributed by atoms with Crippen molar-refractivity contribution in [1.82, 2.24) is 9.66 Å². The van der Waals surface area contributed by atoms with Gasteiger partial charge in [0, 0.05) is 24.9 Å². The fourth-order valence-corrected chi connectivity index (χ4v) is 7.01. The van der Waals surface area contributed by atoms with E-state index in [4.69, 9.17) is 9.72 Å². The number of hydrogen-bond acceptors (Lipinski definition) is 4. The second-order valence-corrected chi connectivity index (χ2v) is 13.0. The van der Waals surface area contributed by atoms with Crippen LogP contribution in [0, 0.1) is 7.14 Å². The molecule has 1 heterocycles. The Morgan fingerprint density at radius 1 is 1.03 bits per heavy atom. The van der Waals surface area contributed by atoms with Crippen molar-refractivity contribution in [2.24, 2.45) is 5.10 Å². The first kappa shape index (κ1) is 27.2. The first-order chi connectivity index (χ1) is 16.6. The third kappa shape index (κ3) is 6.36. The smallest absolute Gasteiger partial charge is 0.282 e. The van der Waals surface area contributed by atoms with Gasteiger partial charge in [0.1, 0.15) is 18.2 Å². The largest absolute Gasteiger partial charge is 0.487 e. The molecule has 0 amide bonds. The maximum absolute atomic E-state index is 13.2. The molecule has 4 rings (SSSR count). The lowest BCUT2D eigenvalue weighted by Gasteiger charge is -2.13. The Bertz CT molecular complexity index is 1500. The highest BCUT2D eigenvalue weighted by Crippen LogP contribution is 2.31. The summed E-state index contributed by atoms with van der Waals surface area (Å²) >= 11 is 15.0. The van der Waals surface area contributed by atoms with Crippen molar-refractivity contribution in [1.29, 1.82) is 0 Å². The van der Waals surface area contributed by atoms with Gasteiger partial charge in [-0.2, -0.15) is 9.78 Å². The number of ether oxygens (including phenoxy) is 1. The summed E-state index contributed by atoms with van der Waals surface area (Å²) < 4.78 is 12.3. The lowest BCUT2D eigenvalue weighted by atomic mass is 10.2. The van der Waals surface area contributed by atoms with Gasteiger partial charge in [-0.25, -0.2) is 4.98 Å². The topological polar surface area (TPSA) is 56.5 Å². The molecule has 180 valence electrons. The molecule has 35 heavy (non-hydrogen) atoms. The fourth-order valence-electron chi connectivity index (χ4n) is 3.36. The van der Waals surface area contributed by atoms with E-state index in [2.05, 4.69) is 98.1 Å². The highest BCUT2D eigenvalue weighted by molar-refractivity contribution is 14.1. The van der Waals surface area contributed by atoms with E-state index in [0.29, 0.717) is 23.3 Å². The van der Waals surface area contributed by atoms with Gasteiger partial charge in [0.05, 0.1) is 24.3 Å².